The molecule has 84 valence electrons. The van der Waals surface area contributed by atoms with Gasteiger partial charge in [-0.15, -0.1) is 6.58 Å². The van der Waals surface area contributed by atoms with E-state index in [0.717, 1.165) is 19.3 Å². The van der Waals surface area contributed by atoms with Gasteiger partial charge in [0.15, 0.2) is 0 Å². The number of nitrogens with one attached hydrogen (secondary N) is 1. The normalized spacial score (nSPS) is 14.0. The van der Waals surface area contributed by atoms with E-state index < -0.39 is 11.4 Å². The Labute approximate surface area is 88.5 Å². The summed E-state index contributed by atoms with van der Waals surface area (Å²) in [6, 6.07) is -1.15. The zero-order valence-electron chi connectivity index (χ0n) is 8.11. The lowest BCUT2D eigenvalue weighted by molar-refractivity contribution is 0.0456. The largest absolute Gasteiger partial charge is 0.338 e. The van der Waals surface area contributed by atoms with Gasteiger partial charge >= 0.3 is 5.38 Å². The third-order valence-electron chi connectivity index (χ3n) is 2.00. The van der Waals surface area contributed by atoms with Gasteiger partial charge in [-0.1, -0.05) is 18.9 Å². The van der Waals surface area contributed by atoms with E-state index in [2.05, 4.69) is 6.58 Å². The predicted octanol–water partition coefficient (Wildman–Crippen LogP) is 2.79. The first kappa shape index (κ1) is 13.8. The number of hydrogen-bond acceptors (Lipinski definition) is 2. The lowest BCUT2D eigenvalue weighted by Crippen LogP contribution is -2.45. The van der Waals surface area contributed by atoms with Crippen molar-refractivity contribution in [2.24, 2.45) is 5.84 Å². The van der Waals surface area contributed by atoms with Crippen LogP contribution in [0.3, 0.4) is 0 Å². The molecule has 5 heteroatoms. The molecule has 0 bridgehead atoms. The molecule has 0 aromatic carbocycles. The van der Waals surface area contributed by atoms with Gasteiger partial charge in [0.2, 0.25) is 0 Å². The summed E-state index contributed by atoms with van der Waals surface area (Å²) < 4.78 is 25.1. The lowest BCUT2D eigenvalue weighted by atomic mass is 10.1. The molecule has 0 aromatic heterocycles. The Hall–Kier alpha value is -0.190. The number of rotatable bonds is 8. The van der Waals surface area contributed by atoms with Gasteiger partial charge in [0, 0.05) is 0 Å². The molecule has 2 nitrogen and oxygen atoms in total. The van der Waals surface area contributed by atoms with E-state index in [1.165, 1.54) is 0 Å². The summed E-state index contributed by atoms with van der Waals surface area (Å²) in [7, 11) is 0. The third-order valence-corrected chi connectivity index (χ3v) is 2.26. The van der Waals surface area contributed by atoms with Gasteiger partial charge in [-0.25, -0.2) is 5.43 Å². The van der Waals surface area contributed by atoms with Gasteiger partial charge in [0.25, 0.3) is 0 Å². The van der Waals surface area contributed by atoms with E-state index in [-0.39, 0.29) is 6.42 Å². The topological polar surface area (TPSA) is 38.0 Å². The van der Waals surface area contributed by atoms with Gasteiger partial charge < -0.3 is 0 Å². The first-order chi connectivity index (χ1) is 6.52. The summed E-state index contributed by atoms with van der Waals surface area (Å²) in [6.45, 7) is 3.58. The highest BCUT2D eigenvalue weighted by atomic mass is 35.5. The molecule has 3 N–H and O–H groups in total. The zero-order chi connectivity index (χ0) is 11.0. The summed E-state index contributed by atoms with van der Waals surface area (Å²) in [5.74, 6) is 4.97. The monoisotopic (exact) mass is 226 g/mol. The first-order valence-corrected chi connectivity index (χ1v) is 5.04. The molecule has 0 aliphatic carbocycles. The maximum atomic E-state index is 12.6. The first-order valence-electron chi connectivity index (χ1n) is 4.66. The standard InChI is InChI=1S/C9H17ClF2N2/c1-2-3-4-5-6-7-8(14-13)9(10,11)12/h2,8,14H,1,3-7,13H2. The highest BCUT2D eigenvalue weighted by molar-refractivity contribution is 6.22. The fourth-order valence-electron chi connectivity index (χ4n) is 1.16. The molecule has 14 heavy (non-hydrogen) atoms. The molecule has 0 aliphatic heterocycles. The van der Waals surface area contributed by atoms with Crippen LogP contribution in [0.5, 0.6) is 0 Å². The molecule has 0 saturated carbocycles. The highest BCUT2D eigenvalue weighted by Crippen LogP contribution is 2.26. The van der Waals surface area contributed by atoms with Crippen LogP contribution in [-0.4, -0.2) is 11.4 Å². The van der Waals surface area contributed by atoms with Gasteiger partial charge in [-0.2, -0.15) is 8.78 Å². The van der Waals surface area contributed by atoms with Crippen LogP contribution < -0.4 is 11.3 Å². The molecule has 0 fully saturated rings. The number of hydrogen-bond donors (Lipinski definition) is 2. The van der Waals surface area contributed by atoms with Gasteiger partial charge in [0.1, 0.15) is 0 Å². The Kier molecular flexibility index (Phi) is 7.05. The maximum absolute atomic E-state index is 12.6. The number of nitrogens with two attached hydrogens (primary N) is 1. The van der Waals surface area contributed by atoms with Crippen molar-refractivity contribution in [3.05, 3.63) is 12.7 Å². The molecule has 0 rings (SSSR count). The SMILES string of the molecule is C=CCCCCCC(NN)C(F)(F)Cl. The smallest absolute Gasteiger partial charge is 0.271 e. The summed E-state index contributed by atoms with van der Waals surface area (Å²) in [4.78, 5) is 0. The van der Waals surface area contributed by atoms with Crippen LogP contribution in [0.25, 0.3) is 0 Å². The van der Waals surface area contributed by atoms with E-state index >= 15 is 0 Å². The molecule has 0 heterocycles. The van der Waals surface area contributed by atoms with E-state index in [9.17, 15) is 8.78 Å². The highest BCUT2D eigenvalue weighted by Gasteiger charge is 2.35. The van der Waals surface area contributed by atoms with E-state index in [0.29, 0.717) is 6.42 Å². The summed E-state index contributed by atoms with van der Waals surface area (Å²) >= 11 is 4.85. The number of alkyl halides is 3. The zero-order valence-corrected chi connectivity index (χ0v) is 8.86. The summed E-state index contributed by atoms with van der Waals surface area (Å²) in [5.41, 5.74) is 2.03. The van der Waals surface area contributed by atoms with Crippen molar-refractivity contribution < 1.29 is 8.78 Å². The van der Waals surface area contributed by atoms with Crippen molar-refractivity contribution in [2.75, 3.05) is 0 Å². The molecule has 0 spiro atoms. The summed E-state index contributed by atoms with van der Waals surface area (Å²) in [6.07, 6.45) is 5.55. The van der Waals surface area contributed by atoms with Crippen LogP contribution in [0.4, 0.5) is 8.78 Å². The second-order valence-corrected chi connectivity index (χ2v) is 3.69. The number of halogens is 3. The molecular formula is C9H17ClF2N2. The Morgan fingerprint density at radius 3 is 2.50 bits per heavy atom. The van der Waals surface area contributed by atoms with Crippen LogP contribution >= 0.6 is 11.6 Å². The number of allylic oxidation sites excluding steroid dienone is 1. The van der Waals surface area contributed by atoms with Crippen molar-refractivity contribution in [3.8, 4) is 0 Å². The quantitative estimate of drug-likeness (QED) is 0.220. The van der Waals surface area contributed by atoms with Crippen LogP contribution in [0, 0.1) is 0 Å². The average Bonchev–Trinajstić information content (AvgIpc) is 2.09. The number of hydrazine groups is 1. The Balaban J connectivity index is 3.58. The van der Waals surface area contributed by atoms with Crippen LogP contribution in [0.2, 0.25) is 0 Å². The van der Waals surface area contributed by atoms with E-state index in [1.807, 2.05) is 11.5 Å². The minimum atomic E-state index is -3.27. The Morgan fingerprint density at radius 2 is 2.07 bits per heavy atom. The molecule has 1 unspecified atom stereocenters. The minimum absolute atomic E-state index is 0.282. The van der Waals surface area contributed by atoms with Crippen LogP contribution in [0.15, 0.2) is 12.7 Å². The fraction of sp³-hybridized carbons (Fsp3) is 0.778. The molecule has 0 aliphatic rings. The molecule has 0 radical (unpaired) electrons. The van der Waals surface area contributed by atoms with E-state index in [4.69, 9.17) is 17.4 Å². The fourth-order valence-corrected chi connectivity index (χ4v) is 1.33. The molecule has 0 saturated heterocycles. The molecule has 1 atom stereocenters. The van der Waals surface area contributed by atoms with Crippen LogP contribution in [0.1, 0.15) is 32.1 Å². The van der Waals surface area contributed by atoms with Crippen LogP contribution in [-0.2, 0) is 0 Å². The molecular weight excluding hydrogens is 210 g/mol. The second-order valence-electron chi connectivity index (χ2n) is 3.19. The van der Waals surface area contributed by atoms with Crippen molar-refractivity contribution in [1.29, 1.82) is 0 Å². The average molecular weight is 227 g/mol. The van der Waals surface area contributed by atoms with Gasteiger partial charge in [-0.05, 0) is 30.9 Å². The number of unbranched alkanes of at least 4 members (excludes halogenated alkanes) is 3. The predicted molar refractivity (Wildman–Crippen MR) is 55.2 cm³/mol. The van der Waals surface area contributed by atoms with Crippen molar-refractivity contribution in [2.45, 2.75) is 43.5 Å². The molecule has 0 aromatic rings. The lowest BCUT2D eigenvalue weighted by Gasteiger charge is -2.20. The minimum Gasteiger partial charge on any atom is -0.271 e. The van der Waals surface area contributed by atoms with Gasteiger partial charge in [-0.3, -0.25) is 5.84 Å². The Morgan fingerprint density at radius 1 is 1.43 bits per heavy atom. The van der Waals surface area contributed by atoms with Gasteiger partial charge in [0.05, 0.1) is 6.04 Å². The summed E-state index contributed by atoms with van der Waals surface area (Å²) in [5, 5.41) is -3.27. The van der Waals surface area contributed by atoms with Crippen molar-refractivity contribution in [1.82, 2.24) is 5.43 Å². The van der Waals surface area contributed by atoms with Crippen molar-refractivity contribution >= 4 is 11.6 Å². The maximum Gasteiger partial charge on any atom is 0.338 e. The van der Waals surface area contributed by atoms with E-state index in [1.54, 1.807) is 0 Å². The Bertz CT molecular complexity index is 159. The molecule has 0 amide bonds. The second kappa shape index (κ2) is 7.15. The van der Waals surface area contributed by atoms with Crippen molar-refractivity contribution in [3.63, 3.8) is 0 Å². The third kappa shape index (κ3) is 6.29.